The van der Waals surface area contributed by atoms with Gasteiger partial charge in [-0.1, -0.05) is 30.3 Å². The van der Waals surface area contributed by atoms with E-state index in [1.165, 1.54) is 11.3 Å². The monoisotopic (exact) mass is 254 g/mol. The lowest BCUT2D eigenvalue weighted by molar-refractivity contribution is -0.136. The molecular formula is C11H9ClNO2S-. The molecule has 0 aliphatic carbocycles. The molecule has 2 rings (SSSR count). The predicted molar refractivity (Wildman–Crippen MR) is 58.9 cm³/mol. The lowest BCUT2D eigenvalue weighted by atomic mass is 10.2. The van der Waals surface area contributed by atoms with Gasteiger partial charge in [-0.05, 0) is 0 Å². The quantitative estimate of drug-likeness (QED) is 0.799. The highest BCUT2D eigenvalue weighted by molar-refractivity contribution is 7.13. The number of thiazole rings is 1. The highest BCUT2D eigenvalue weighted by Gasteiger charge is 2.06. The number of hydrogen-bond acceptors (Lipinski definition) is 3. The molecule has 0 radical (unpaired) electrons. The fourth-order valence-corrected chi connectivity index (χ4v) is 2.08. The van der Waals surface area contributed by atoms with Gasteiger partial charge < -0.3 is 17.5 Å². The summed E-state index contributed by atoms with van der Waals surface area (Å²) in [6.45, 7) is 0. The highest BCUT2D eigenvalue weighted by Crippen LogP contribution is 2.23. The van der Waals surface area contributed by atoms with E-state index < -0.39 is 5.97 Å². The van der Waals surface area contributed by atoms with E-state index in [1.807, 2.05) is 30.3 Å². The Morgan fingerprint density at radius 3 is 2.62 bits per heavy atom. The molecule has 5 heteroatoms. The van der Waals surface area contributed by atoms with Crippen molar-refractivity contribution in [1.82, 2.24) is 4.98 Å². The molecule has 0 aliphatic heterocycles. The first-order valence-corrected chi connectivity index (χ1v) is 5.35. The first-order valence-electron chi connectivity index (χ1n) is 4.47. The molecule has 0 saturated carbocycles. The molecule has 0 fully saturated rings. The van der Waals surface area contributed by atoms with Crippen LogP contribution in [0.1, 0.15) is 5.69 Å². The Labute approximate surface area is 103 Å². The Morgan fingerprint density at radius 1 is 1.31 bits per heavy atom. The standard InChI is InChI=1S/C11H9NO2S.ClH/c13-10(14)6-9-7-15-11(12-9)8-4-2-1-3-5-8;/h1-5,7H,6H2,(H,13,14);1H/p-1. The number of aromatic nitrogens is 1. The zero-order valence-corrected chi connectivity index (χ0v) is 9.83. The zero-order chi connectivity index (χ0) is 10.7. The summed E-state index contributed by atoms with van der Waals surface area (Å²) in [6.07, 6.45) is -0.0106. The van der Waals surface area contributed by atoms with E-state index in [0.717, 1.165) is 10.6 Å². The molecule has 0 aliphatic rings. The van der Waals surface area contributed by atoms with Gasteiger partial charge in [0, 0.05) is 10.9 Å². The van der Waals surface area contributed by atoms with Crippen LogP contribution in [0.25, 0.3) is 10.6 Å². The second-order valence-electron chi connectivity index (χ2n) is 3.08. The van der Waals surface area contributed by atoms with Crippen molar-refractivity contribution in [1.29, 1.82) is 0 Å². The van der Waals surface area contributed by atoms with Gasteiger partial charge in [0.25, 0.3) is 0 Å². The van der Waals surface area contributed by atoms with Crippen LogP contribution < -0.4 is 12.4 Å². The van der Waals surface area contributed by atoms with Crippen LogP contribution in [-0.4, -0.2) is 16.1 Å². The van der Waals surface area contributed by atoms with Crippen LogP contribution in [0.3, 0.4) is 0 Å². The van der Waals surface area contributed by atoms with Gasteiger partial charge in [0.2, 0.25) is 0 Å². The molecule has 0 atom stereocenters. The van der Waals surface area contributed by atoms with Crippen LogP contribution in [0.2, 0.25) is 0 Å². The summed E-state index contributed by atoms with van der Waals surface area (Å²) in [5.74, 6) is -0.847. The largest absolute Gasteiger partial charge is 1.00 e. The maximum atomic E-state index is 10.5. The van der Waals surface area contributed by atoms with E-state index in [2.05, 4.69) is 4.98 Å². The number of halogens is 1. The van der Waals surface area contributed by atoms with Gasteiger partial charge in [0.05, 0.1) is 12.1 Å². The Hall–Kier alpha value is -1.39. The number of hydrogen-bond donors (Lipinski definition) is 1. The third kappa shape index (κ3) is 3.05. The molecule has 2 aromatic rings. The zero-order valence-electron chi connectivity index (χ0n) is 8.26. The second-order valence-corrected chi connectivity index (χ2v) is 3.94. The van der Waals surface area contributed by atoms with Crippen LogP contribution in [0.4, 0.5) is 0 Å². The minimum atomic E-state index is -0.847. The molecule has 0 saturated heterocycles. The summed E-state index contributed by atoms with van der Waals surface area (Å²) in [7, 11) is 0. The number of benzene rings is 1. The Morgan fingerprint density at radius 2 is 2.00 bits per heavy atom. The van der Waals surface area contributed by atoms with Gasteiger partial charge in [-0.15, -0.1) is 11.3 Å². The average Bonchev–Trinajstić information content (AvgIpc) is 2.67. The second kappa shape index (κ2) is 5.63. The van der Waals surface area contributed by atoms with Crippen LogP contribution in [0, 0.1) is 0 Å². The van der Waals surface area contributed by atoms with Crippen molar-refractivity contribution in [3.63, 3.8) is 0 Å². The SMILES string of the molecule is O=C(O)Cc1csc(-c2ccccc2)n1.[Cl-]. The van der Waals surface area contributed by atoms with Crippen LogP contribution >= 0.6 is 11.3 Å². The van der Waals surface area contributed by atoms with Crippen LogP contribution in [-0.2, 0) is 11.2 Å². The summed E-state index contributed by atoms with van der Waals surface area (Å²) in [5, 5.41) is 11.3. The number of carboxylic acids is 1. The van der Waals surface area contributed by atoms with Crippen molar-refractivity contribution in [3.8, 4) is 10.6 Å². The molecule has 0 spiro atoms. The van der Waals surface area contributed by atoms with Gasteiger partial charge in [-0.3, -0.25) is 4.79 Å². The van der Waals surface area contributed by atoms with Crippen molar-refractivity contribution >= 4 is 17.3 Å². The lowest BCUT2D eigenvalue weighted by Crippen LogP contribution is -3.00. The summed E-state index contributed by atoms with van der Waals surface area (Å²) >= 11 is 1.47. The molecular weight excluding hydrogens is 246 g/mol. The number of nitrogens with zero attached hydrogens (tertiary/aromatic N) is 1. The molecule has 0 bridgehead atoms. The molecule has 1 aromatic carbocycles. The number of rotatable bonds is 3. The molecule has 16 heavy (non-hydrogen) atoms. The number of aliphatic carboxylic acids is 1. The molecule has 1 aromatic heterocycles. The smallest absolute Gasteiger partial charge is 0.309 e. The maximum Gasteiger partial charge on any atom is 0.309 e. The van der Waals surface area contributed by atoms with Gasteiger partial charge in [-0.25, -0.2) is 4.98 Å². The average molecular weight is 255 g/mol. The van der Waals surface area contributed by atoms with E-state index in [1.54, 1.807) is 5.38 Å². The normalized spacial score (nSPS) is 9.50. The van der Waals surface area contributed by atoms with Gasteiger partial charge >= 0.3 is 5.97 Å². The van der Waals surface area contributed by atoms with Crippen LogP contribution in [0.15, 0.2) is 35.7 Å². The molecule has 0 amide bonds. The first-order chi connectivity index (χ1) is 7.25. The van der Waals surface area contributed by atoms with Gasteiger partial charge in [0.1, 0.15) is 5.01 Å². The van der Waals surface area contributed by atoms with Crippen molar-refractivity contribution in [3.05, 3.63) is 41.4 Å². The number of carboxylic acid groups (broad SMARTS) is 1. The highest BCUT2D eigenvalue weighted by atomic mass is 35.5. The van der Waals surface area contributed by atoms with Crippen molar-refractivity contribution in [2.75, 3.05) is 0 Å². The first kappa shape index (κ1) is 12.7. The van der Waals surface area contributed by atoms with Crippen molar-refractivity contribution in [2.45, 2.75) is 6.42 Å². The van der Waals surface area contributed by atoms with Crippen LogP contribution in [0.5, 0.6) is 0 Å². The fourth-order valence-electron chi connectivity index (χ4n) is 1.26. The topological polar surface area (TPSA) is 50.2 Å². The predicted octanol–water partition coefficient (Wildman–Crippen LogP) is -0.559. The summed E-state index contributed by atoms with van der Waals surface area (Å²) < 4.78 is 0. The minimum absolute atomic E-state index is 0. The van der Waals surface area contributed by atoms with E-state index in [9.17, 15) is 4.79 Å². The number of carbonyl (C=O) groups is 1. The molecule has 1 N–H and O–H groups in total. The minimum Gasteiger partial charge on any atom is -1.00 e. The van der Waals surface area contributed by atoms with E-state index >= 15 is 0 Å². The third-order valence-electron chi connectivity index (χ3n) is 1.90. The molecule has 0 unspecified atom stereocenters. The Bertz CT molecular complexity index is 470. The molecule has 84 valence electrons. The van der Waals surface area contributed by atoms with Gasteiger partial charge in [0.15, 0.2) is 0 Å². The summed E-state index contributed by atoms with van der Waals surface area (Å²) in [5.41, 5.74) is 1.64. The third-order valence-corrected chi connectivity index (χ3v) is 2.85. The van der Waals surface area contributed by atoms with E-state index in [4.69, 9.17) is 5.11 Å². The Balaban J connectivity index is 0.00000128. The summed E-state index contributed by atoms with van der Waals surface area (Å²) in [4.78, 5) is 14.7. The molecule has 3 nitrogen and oxygen atoms in total. The van der Waals surface area contributed by atoms with Gasteiger partial charge in [-0.2, -0.15) is 0 Å². The Kier molecular flexibility index (Phi) is 4.46. The lowest BCUT2D eigenvalue weighted by Gasteiger charge is -1.93. The molecule has 1 heterocycles. The van der Waals surface area contributed by atoms with Crippen molar-refractivity contribution < 1.29 is 22.3 Å². The van der Waals surface area contributed by atoms with Crippen molar-refractivity contribution in [2.24, 2.45) is 0 Å². The van der Waals surface area contributed by atoms with E-state index in [-0.39, 0.29) is 18.8 Å². The maximum absolute atomic E-state index is 10.5. The summed E-state index contributed by atoms with van der Waals surface area (Å²) in [6, 6.07) is 9.74. The fraction of sp³-hybridized carbons (Fsp3) is 0.0909. The van der Waals surface area contributed by atoms with E-state index in [0.29, 0.717) is 5.69 Å².